The van der Waals surface area contributed by atoms with Gasteiger partial charge in [-0.1, -0.05) is 91.9 Å². The minimum absolute atomic E-state index is 0.282. The van der Waals surface area contributed by atoms with Crippen molar-refractivity contribution in [2.24, 2.45) is 16.6 Å². The van der Waals surface area contributed by atoms with E-state index in [1.54, 1.807) is 0 Å². The molecular formula is C44H41N3OS. The summed E-state index contributed by atoms with van der Waals surface area (Å²) in [6.45, 7) is 6.73. The van der Waals surface area contributed by atoms with Gasteiger partial charge in [0.2, 0.25) is 0 Å². The Bertz CT molecular complexity index is 2340. The van der Waals surface area contributed by atoms with E-state index in [1.807, 2.05) is 17.4 Å². The van der Waals surface area contributed by atoms with Crippen LogP contribution in [0, 0.1) is 5.92 Å². The normalized spacial score (nSPS) is 24.0. The zero-order valence-corrected chi connectivity index (χ0v) is 29.2. The summed E-state index contributed by atoms with van der Waals surface area (Å²) in [5.41, 5.74) is 16.4. The van der Waals surface area contributed by atoms with Crippen molar-refractivity contribution in [3.8, 4) is 11.4 Å². The molecule has 4 nitrogen and oxygen atoms in total. The fraction of sp³-hybridized carbons (Fsp3) is 0.250. The zero-order valence-electron chi connectivity index (χ0n) is 28.4. The molecule has 0 saturated heterocycles. The Kier molecular flexibility index (Phi) is 7.17. The summed E-state index contributed by atoms with van der Waals surface area (Å²) in [5, 5.41) is 2.70. The lowest BCUT2D eigenvalue weighted by molar-refractivity contribution is 0.370. The Hall–Kier alpha value is -4.87. The Balaban J connectivity index is 1.21. The highest BCUT2D eigenvalue weighted by Crippen LogP contribution is 2.52. The maximum Gasteiger partial charge on any atom is 0.146 e. The first-order valence-electron chi connectivity index (χ1n) is 17.7. The Morgan fingerprint density at radius 3 is 2.71 bits per heavy atom. The Morgan fingerprint density at radius 1 is 1.00 bits per heavy atom. The van der Waals surface area contributed by atoms with E-state index in [0.717, 1.165) is 54.7 Å². The highest BCUT2D eigenvalue weighted by atomic mass is 32.1. The van der Waals surface area contributed by atoms with Gasteiger partial charge in [0, 0.05) is 49.0 Å². The summed E-state index contributed by atoms with van der Waals surface area (Å²) in [6.07, 6.45) is 21.0. The molecule has 0 bridgehead atoms. The molecule has 3 unspecified atom stereocenters. The van der Waals surface area contributed by atoms with Gasteiger partial charge in [0.15, 0.2) is 0 Å². The van der Waals surface area contributed by atoms with Gasteiger partial charge in [-0.3, -0.25) is 0 Å². The van der Waals surface area contributed by atoms with Gasteiger partial charge in [-0.15, -0.1) is 11.3 Å². The van der Waals surface area contributed by atoms with Crippen LogP contribution in [-0.2, 0) is 12.0 Å². The highest BCUT2D eigenvalue weighted by molar-refractivity contribution is 7.21. The predicted octanol–water partition coefficient (Wildman–Crippen LogP) is 11.2. The number of hydrogen-bond donors (Lipinski definition) is 1. The quantitative estimate of drug-likeness (QED) is 0.154. The molecule has 5 aromatic rings. The number of nitrogens with two attached hydrogens (primary N) is 1. The van der Waals surface area contributed by atoms with Gasteiger partial charge in [0.05, 0.1) is 5.52 Å². The second kappa shape index (κ2) is 11.6. The van der Waals surface area contributed by atoms with E-state index in [-0.39, 0.29) is 5.92 Å². The fourth-order valence-electron chi connectivity index (χ4n) is 8.60. The number of para-hydroxylation sites is 2. The monoisotopic (exact) mass is 659 g/mol. The third-order valence-electron chi connectivity index (χ3n) is 11.1. The summed E-state index contributed by atoms with van der Waals surface area (Å²) in [6, 6.07) is 23.8. The molecule has 244 valence electrons. The molecule has 49 heavy (non-hydrogen) atoms. The van der Waals surface area contributed by atoms with Crippen molar-refractivity contribution in [3.05, 3.63) is 142 Å². The van der Waals surface area contributed by atoms with Crippen LogP contribution in [0.15, 0.2) is 120 Å². The van der Waals surface area contributed by atoms with Crippen LogP contribution in [0.5, 0.6) is 5.75 Å². The van der Waals surface area contributed by atoms with Crippen molar-refractivity contribution >= 4 is 49.8 Å². The molecule has 2 aromatic heterocycles. The zero-order chi connectivity index (χ0) is 33.3. The lowest BCUT2D eigenvalue weighted by Gasteiger charge is -2.26. The molecule has 0 radical (unpaired) electrons. The van der Waals surface area contributed by atoms with Gasteiger partial charge in [-0.2, -0.15) is 0 Å². The molecule has 5 heteroatoms. The second-order valence-corrected chi connectivity index (χ2v) is 15.1. The Labute approximate surface area is 292 Å². The number of thiophene rings is 1. The molecule has 3 atom stereocenters. The van der Waals surface area contributed by atoms with E-state index in [1.165, 1.54) is 53.9 Å². The SMILES string of the molecule is CC(=C1Oc2ccccc2C1(C)N=C(N)C1=CCC(C)c2c1sc1c2ccc2c1c1c(n2-c2ccccc2)CCC=C1)C1C=CC=CCC1. The number of nitrogens with zero attached hydrogens (tertiary/aromatic N) is 2. The number of amidine groups is 1. The standard InChI is InChI=1S/C44H41N3OS/c1-27-23-24-33(43(45)46-44(3)34-20-12-14-22-37(34)48-42(44)28(2)29-15-7-4-5-8-16-29)41-38(27)32-25-26-36-39(40(32)49-41)31-19-11-13-21-35(31)47(36)30-17-9-6-10-18-30/h4-7,9-12,14-15,17-20,22,24-27,29H,8,13,16,21,23H2,1-3H3,(H2,45,46). The van der Waals surface area contributed by atoms with Crippen LogP contribution >= 0.6 is 11.3 Å². The van der Waals surface area contributed by atoms with Gasteiger partial charge < -0.3 is 15.0 Å². The molecular weight excluding hydrogens is 619 g/mol. The number of allylic oxidation sites excluding steroid dienone is 7. The lowest BCUT2D eigenvalue weighted by Crippen LogP contribution is -2.28. The minimum atomic E-state index is -0.733. The van der Waals surface area contributed by atoms with Crippen molar-refractivity contribution in [2.75, 3.05) is 0 Å². The first kappa shape index (κ1) is 30.2. The van der Waals surface area contributed by atoms with Gasteiger partial charge >= 0.3 is 0 Å². The molecule has 3 aliphatic carbocycles. The van der Waals surface area contributed by atoms with Crippen LogP contribution in [0.4, 0.5) is 0 Å². The van der Waals surface area contributed by atoms with E-state index in [2.05, 4.69) is 129 Å². The van der Waals surface area contributed by atoms with Gasteiger partial charge in [0.25, 0.3) is 0 Å². The van der Waals surface area contributed by atoms with Gasteiger partial charge in [0.1, 0.15) is 22.9 Å². The molecule has 4 aliphatic rings. The van der Waals surface area contributed by atoms with Crippen molar-refractivity contribution in [3.63, 3.8) is 0 Å². The first-order chi connectivity index (χ1) is 23.9. The number of benzene rings is 3. The molecule has 1 aliphatic heterocycles. The van der Waals surface area contributed by atoms with Crippen LogP contribution in [0.3, 0.4) is 0 Å². The molecule has 0 spiro atoms. The lowest BCUT2D eigenvalue weighted by atomic mass is 9.84. The van der Waals surface area contributed by atoms with Crippen LogP contribution in [0.25, 0.3) is 38.3 Å². The van der Waals surface area contributed by atoms with Crippen molar-refractivity contribution in [1.82, 2.24) is 4.57 Å². The van der Waals surface area contributed by atoms with E-state index in [9.17, 15) is 0 Å². The molecule has 0 amide bonds. The van der Waals surface area contributed by atoms with E-state index < -0.39 is 5.54 Å². The van der Waals surface area contributed by atoms with Gasteiger partial charge in [-0.25, -0.2) is 4.99 Å². The van der Waals surface area contributed by atoms with Crippen LogP contribution < -0.4 is 10.5 Å². The van der Waals surface area contributed by atoms with E-state index in [0.29, 0.717) is 11.8 Å². The minimum Gasteiger partial charge on any atom is -0.458 e. The number of fused-ring (bicyclic) bond motifs is 8. The highest BCUT2D eigenvalue weighted by Gasteiger charge is 2.44. The summed E-state index contributed by atoms with van der Waals surface area (Å²) < 4.78 is 10.5. The van der Waals surface area contributed by atoms with Crippen molar-refractivity contribution in [1.29, 1.82) is 0 Å². The van der Waals surface area contributed by atoms with Crippen molar-refractivity contribution < 1.29 is 4.74 Å². The molecule has 3 heterocycles. The number of aliphatic imine (C=N–C) groups is 1. The first-order valence-corrected chi connectivity index (χ1v) is 18.5. The van der Waals surface area contributed by atoms with E-state index in [4.69, 9.17) is 15.5 Å². The van der Waals surface area contributed by atoms with Gasteiger partial charge in [-0.05, 0) is 92.7 Å². The van der Waals surface area contributed by atoms with Crippen LogP contribution in [-0.4, -0.2) is 10.4 Å². The third kappa shape index (κ3) is 4.66. The van der Waals surface area contributed by atoms with E-state index >= 15 is 0 Å². The maximum absolute atomic E-state index is 7.19. The fourth-order valence-corrected chi connectivity index (χ4v) is 10.1. The Morgan fingerprint density at radius 2 is 1.84 bits per heavy atom. The number of hydrogen-bond acceptors (Lipinski definition) is 3. The van der Waals surface area contributed by atoms with Crippen LogP contribution in [0.2, 0.25) is 0 Å². The molecule has 0 fully saturated rings. The molecule has 3 aromatic carbocycles. The number of rotatable bonds is 4. The van der Waals surface area contributed by atoms with Crippen LogP contribution in [0.1, 0.15) is 79.6 Å². The molecule has 2 N–H and O–H groups in total. The molecule has 9 rings (SSSR count). The maximum atomic E-state index is 7.19. The summed E-state index contributed by atoms with van der Waals surface area (Å²) >= 11 is 1.89. The topological polar surface area (TPSA) is 52.5 Å². The number of ether oxygens (including phenoxy) is 1. The average Bonchev–Trinajstić information content (AvgIpc) is 3.67. The summed E-state index contributed by atoms with van der Waals surface area (Å²) in [5.74, 6) is 3.01. The second-order valence-electron chi connectivity index (χ2n) is 14.1. The summed E-state index contributed by atoms with van der Waals surface area (Å²) in [4.78, 5) is 6.71. The molecule has 0 saturated carbocycles. The average molecular weight is 660 g/mol. The predicted molar refractivity (Wildman–Crippen MR) is 207 cm³/mol. The van der Waals surface area contributed by atoms with Crippen molar-refractivity contribution in [2.45, 2.75) is 64.3 Å². The smallest absolute Gasteiger partial charge is 0.146 e. The largest absolute Gasteiger partial charge is 0.458 e. The summed E-state index contributed by atoms with van der Waals surface area (Å²) in [7, 11) is 0. The third-order valence-corrected chi connectivity index (χ3v) is 12.3. The number of aromatic nitrogens is 1.